The van der Waals surface area contributed by atoms with Crippen LogP contribution in [0.3, 0.4) is 0 Å². The van der Waals surface area contributed by atoms with Crippen molar-refractivity contribution in [1.29, 1.82) is 0 Å². The van der Waals surface area contributed by atoms with Crippen LogP contribution in [0.25, 0.3) is 22.6 Å². The molecule has 242 valence electrons. The molecule has 0 unspecified atom stereocenters. The lowest BCUT2D eigenvalue weighted by Crippen LogP contribution is -2.41. The average molecular weight is 643 g/mol. The second kappa shape index (κ2) is 13.1. The van der Waals surface area contributed by atoms with Gasteiger partial charge in [-0.1, -0.05) is 31.4 Å². The van der Waals surface area contributed by atoms with Crippen LogP contribution in [0.2, 0.25) is 0 Å². The van der Waals surface area contributed by atoms with Gasteiger partial charge in [-0.25, -0.2) is 23.7 Å². The molecule has 0 aliphatic carbocycles. The summed E-state index contributed by atoms with van der Waals surface area (Å²) < 4.78 is 81.7. The molecule has 46 heavy (non-hydrogen) atoms. The van der Waals surface area contributed by atoms with Crippen molar-refractivity contribution >= 4 is 11.0 Å². The van der Waals surface area contributed by atoms with Crippen molar-refractivity contribution < 1.29 is 31.4 Å². The van der Waals surface area contributed by atoms with E-state index in [1.54, 1.807) is 24.3 Å². The maximum atomic E-state index is 15.7. The molecule has 6 rings (SSSR count). The molecule has 6 heterocycles. The van der Waals surface area contributed by atoms with Gasteiger partial charge >= 0.3 is 6.18 Å². The molecule has 0 saturated carbocycles. The third-order valence-electron chi connectivity index (χ3n) is 8.03. The Morgan fingerprint density at radius 1 is 1.20 bits per heavy atom. The molecule has 10 nitrogen and oxygen atoms in total. The van der Waals surface area contributed by atoms with Crippen molar-refractivity contribution in [2.75, 3.05) is 26.3 Å². The van der Waals surface area contributed by atoms with E-state index in [0.717, 1.165) is 6.42 Å². The molecule has 0 radical (unpaired) electrons. The summed E-state index contributed by atoms with van der Waals surface area (Å²) in [4.78, 5) is 19.1. The van der Waals surface area contributed by atoms with E-state index in [4.69, 9.17) is 14.5 Å². The van der Waals surface area contributed by atoms with Crippen LogP contribution < -0.4 is 4.74 Å². The normalized spacial score (nSPS) is 20.9. The first-order chi connectivity index (χ1) is 22.1. The van der Waals surface area contributed by atoms with Crippen LogP contribution in [0.5, 0.6) is 5.88 Å². The zero-order chi connectivity index (χ0) is 32.4. The van der Waals surface area contributed by atoms with Crippen molar-refractivity contribution in [2.45, 2.75) is 50.3 Å². The van der Waals surface area contributed by atoms with Crippen LogP contribution >= 0.6 is 0 Å². The van der Waals surface area contributed by atoms with E-state index in [-0.39, 0.29) is 42.2 Å². The predicted molar refractivity (Wildman–Crippen MR) is 158 cm³/mol. The number of ether oxygens (including phenoxy) is 2. The lowest BCUT2D eigenvalue weighted by atomic mass is 9.91. The smallest absolute Gasteiger partial charge is 0.451 e. The second-order valence-corrected chi connectivity index (χ2v) is 11.2. The Bertz CT molecular complexity index is 1760. The number of aromatic amines is 1. The molecule has 0 amide bonds. The molecule has 0 spiro atoms. The number of fused-ring (bicyclic) bond motifs is 1. The largest absolute Gasteiger partial charge is 0.473 e. The third kappa shape index (κ3) is 6.84. The standard InChI is InChI=1S/C31H31F5N8O2/c1-3-5-19(18(2)32)17-46-28-7-4-6-23(39-28)21-8-10-43(15-22(21)33)16-27-38-24-12-25(29-40-30(42-41-29)31(34,35)36)37-13-26(24)44(27)14-20-9-11-45-20/h3-7,12-13,20-22H,1-2,8-11,14-17H2,(H,40,41,42)/b19-5-/t20-,21-,22-/m0/s1. The number of H-pyrrole nitrogens is 1. The first-order valence-corrected chi connectivity index (χ1v) is 14.7. The fraction of sp³-hybridized carbons (Fsp3) is 0.387. The predicted octanol–water partition coefficient (Wildman–Crippen LogP) is 5.72. The van der Waals surface area contributed by atoms with Gasteiger partial charge < -0.3 is 14.0 Å². The number of piperidine rings is 1. The van der Waals surface area contributed by atoms with E-state index in [2.05, 4.69) is 33.2 Å². The Balaban J connectivity index is 1.17. The van der Waals surface area contributed by atoms with E-state index < -0.39 is 29.9 Å². The van der Waals surface area contributed by atoms with E-state index in [1.165, 1.54) is 18.3 Å². The summed E-state index contributed by atoms with van der Waals surface area (Å²) in [5.41, 5.74) is 2.10. The van der Waals surface area contributed by atoms with Crippen molar-refractivity contribution in [3.8, 4) is 17.4 Å². The number of nitrogens with zero attached hydrogens (tertiary/aromatic N) is 7. The van der Waals surface area contributed by atoms with Gasteiger partial charge in [0.05, 0.1) is 42.1 Å². The van der Waals surface area contributed by atoms with Crippen LogP contribution in [0.1, 0.15) is 36.1 Å². The number of hydrogen-bond donors (Lipinski definition) is 1. The SMILES string of the molecule is C=C/C=C(/COc1cccc([C@H]2CCN(Cc3nc4cc(-c5n[nH]c(C(F)(F)F)n5)ncc4n3C[C@@H]3CCO3)C[C@@H]2F)n1)C(=C)F. The van der Waals surface area contributed by atoms with Gasteiger partial charge in [0.15, 0.2) is 5.82 Å². The number of aromatic nitrogens is 7. The number of nitrogens with one attached hydrogen (secondary N) is 1. The highest BCUT2D eigenvalue weighted by atomic mass is 19.4. The number of alkyl halides is 4. The average Bonchev–Trinajstić information content (AvgIpc) is 3.62. The molecule has 2 aliphatic heterocycles. The van der Waals surface area contributed by atoms with Gasteiger partial charge in [-0.15, -0.1) is 0 Å². The minimum Gasteiger partial charge on any atom is -0.473 e. The number of imidazole rings is 1. The number of hydrogen-bond acceptors (Lipinski definition) is 8. The van der Waals surface area contributed by atoms with Gasteiger partial charge in [-0.05, 0) is 31.5 Å². The van der Waals surface area contributed by atoms with Gasteiger partial charge in [0.25, 0.3) is 0 Å². The van der Waals surface area contributed by atoms with Crippen molar-refractivity contribution in [3.63, 3.8) is 0 Å². The summed E-state index contributed by atoms with van der Waals surface area (Å²) in [5, 5.41) is 5.57. The number of allylic oxidation sites excluding steroid dienone is 2. The molecular weight excluding hydrogens is 611 g/mol. The van der Waals surface area contributed by atoms with Gasteiger partial charge in [-0.2, -0.15) is 18.3 Å². The van der Waals surface area contributed by atoms with Crippen molar-refractivity contribution in [3.05, 3.63) is 84.5 Å². The molecule has 1 N–H and O–H groups in total. The van der Waals surface area contributed by atoms with Crippen LogP contribution in [-0.4, -0.2) is 78.2 Å². The number of halogens is 5. The van der Waals surface area contributed by atoms with E-state index in [1.807, 2.05) is 14.6 Å². The highest BCUT2D eigenvalue weighted by Crippen LogP contribution is 2.32. The number of pyridine rings is 2. The van der Waals surface area contributed by atoms with Crippen LogP contribution in [-0.2, 0) is 24.0 Å². The van der Waals surface area contributed by atoms with Crippen molar-refractivity contribution in [1.82, 2.24) is 39.6 Å². The van der Waals surface area contributed by atoms with Gasteiger partial charge in [0.1, 0.15) is 30.1 Å². The van der Waals surface area contributed by atoms with Gasteiger partial charge in [0.2, 0.25) is 11.7 Å². The Hall–Kier alpha value is -4.50. The summed E-state index contributed by atoms with van der Waals surface area (Å²) in [5.74, 6) is -1.59. The number of likely N-dealkylation sites (tertiary alicyclic amines) is 1. The Kier molecular flexibility index (Phi) is 8.95. The minimum atomic E-state index is -4.67. The Morgan fingerprint density at radius 2 is 2.02 bits per heavy atom. The van der Waals surface area contributed by atoms with Crippen LogP contribution in [0.15, 0.2) is 67.2 Å². The van der Waals surface area contributed by atoms with Gasteiger partial charge in [-0.3, -0.25) is 15.0 Å². The molecule has 2 fully saturated rings. The molecular formula is C31H31F5N8O2. The summed E-state index contributed by atoms with van der Waals surface area (Å²) in [6.07, 6.45) is -0.0968. The third-order valence-corrected chi connectivity index (χ3v) is 8.03. The second-order valence-electron chi connectivity index (χ2n) is 11.2. The summed E-state index contributed by atoms with van der Waals surface area (Å²) >= 11 is 0. The van der Waals surface area contributed by atoms with Crippen molar-refractivity contribution in [2.24, 2.45) is 0 Å². The molecule has 2 aliphatic rings. The van der Waals surface area contributed by atoms with E-state index in [0.29, 0.717) is 55.2 Å². The van der Waals surface area contributed by atoms with E-state index in [9.17, 15) is 17.6 Å². The Morgan fingerprint density at radius 3 is 2.70 bits per heavy atom. The zero-order valence-electron chi connectivity index (χ0n) is 24.7. The van der Waals surface area contributed by atoms with E-state index >= 15 is 4.39 Å². The summed E-state index contributed by atoms with van der Waals surface area (Å²) in [6, 6.07) is 6.66. The molecule has 4 aromatic heterocycles. The molecule has 3 atom stereocenters. The van der Waals surface area contributed by atoms with Gasteiger partial charge in [0, 0.05) is 30.7 Å². The molecule has 15 heteroatoms. The Labute approximate surface area is 260 Å². The topological polar surface area (TPSA) is 107 Å². The fourth-order valence-electron chi connectivity index (χ4n) is 5.53. The highest BCUT2D eigenvalue weighted by Gasteiger charge is 2.36. The van der Waals surface area contributed by atoms with Crippen LogP contribution in [0, 0.1) is 0 Å². The number of rotatable bonds is 11. The highest BCUT2D eigenvalue weighted by molar-refractivity contribution is 5.78. The lowest BCUT2D eigenvalue weighted by Gasteiger charge is -2.34. The zero-order valence-corrected chi connectivity index (χ0v) is 24.7. The van der Waals surface area contributed by atoms with Crippen LogP contribution in [0.4, 0.5) is 22.0 Å². The minimum absolute atomic E-state index is 0.00952. The fourth-order valence-corrected chi connectivity index (χ4v) is 5.53. The first-order valence-electron chi connectivity index (χ1n) is 14.7. The molecule has 0 bridgehead atoms. The summed E-state index contributed by atoms with van der Waals surface area (Å²) in [7, 11) is 0. The maximum absolute atomic E-state index is 15.7. The molecule has 4 aromatic rings. The molecule has 0 aromatic carbocycles. The quantitative estimate of drug-likeness (QED) is 0.164. The lowest BCUT2D eigenvalue weighted by molar-refractivity contribution is -0.144. The monoisotopic (exact) mass is 642 g/mol. The first kappa shape index (κ1) is 31.5. The molecule has 2 saturated heterocycles. The summed E-state index contributed by atoms with van der Waals surface area (Å²) in [6.45, 7) is 8.98. The maximum Gasteiger partial charge on any atom is 0.451 e.